The van der Waals surface area contributed by atoms with E-state index in [0.29, 0.717) is 15.8 Å². The van der Waals surface area contributed by atoms with E-state index in [1.165, 1.54) is 0 Å². The van der Waals surface area contributed by atoms with E-state index in [4.69, 9.17) is 9.47 Å². The average Bonchev–Trinajstić information content (AvgIpc) is 2.20. The van der Waals surface area contributed by atoms with Gasteiger partial charge in [-0.3, -0.25) is 10.6 Å². The summed E-state index contributed by atoms with van der Waals surface area (Å²) in [4.78, 5) is 23.6. The van der Waals surface area contributed by atoms with Crippen LogP contribution in [0.15, 0.2) is 22.7 Å². The SMILES string of the molecule is CC(C)(C)OC(=O)Nc1cc(Br)cc(NC(=O)OC(C)(C)C)c1. The third kappa shape index (κ3) is 8.44. The Kier molecular flexibility index (Phi) is 6.04. The van der Waals surface area contributed by atoms with Gasteiger partial charge in [-0.15, -0.1) is 0 Å². The summed E-state index contributed by atoms with van der Waals surface area (Å²) in [7, 11) is 0. The van der Waals surface area contributed by atoms with Crippen LogP contribution in [0.25, 0.3) is 0 Å². The second kappa shape index (κ2) is 7.21. The van der Waals surface area contributed by atoms with Gasteiger partial charge in [0, 0.05) is 15.8 Å². The number of anilines is 2. The van der Waals surface area contributed by atoms with E-state index in [1.54, 1.807) is 59.7 Å². The molecular formula is C16H23BrN2O4. The van der Waals surface area contributed by atoms with E-state index in [1.807, 2.05) is 0 Å². The maximum Gasteiger partial charge on any atom is 0.412 e. The van der Waals surface area contributed by atoms with Gasteiger partial charge >= 0.3 is 12.2 Å². The third-order valence-electron chi connectivity index (χ3n) is 2.19. The molecule has 128 valence electrons. The molecule has 2 amide bonds. The van der Waals surface area contributed by atoms with Gasteiger partial charge in [0.05, 0.1) is 0 Å². The normalized spacial score (nSPS) is 11.6. The van der Waals surface area contributed by atoms with Crippen molar-refractivity contribution < 1.29 is 19.1 Å². The number of carbonyl (C=O) groups is 2. The zero-order valence-electron chi connectivity index (χ0n) is 14.2. The topological polar surface area (TPSA) is 76.7 Å². The molecule has 1 aromatic carbocycles. The van der Waals surface area contributed by atoms with Crippen molar-refractivity contribution in [3.63, 3.8) is 0 Å². The van der Waals surface area contributed by atoms with E-state index in [9.17, 15) is 9.59 Å². The highest BCUT2D eigenvalue weighted by Gasteiger charge is 2.18. The lowest BCUT2D eigenvalue weighted by Gasteiger charge is -2.21. The van der Waals surface area contributed by atoms with Crippen molar-refractivity contribution in [1.82, 2.24) is 0 Å². The molecule has 1 rings (SSSR count). The first-order chi connectivity index (χ1) is 10.3. The van der Waals surface area contributed by atoms with Crippen LogP contribution in [0, 0.1) is 0 Å². The van der Waals surface area contributed by atoms with Gasteiger partial charge in [0.25, 0.3) is 0 Å². The summed E-state index contributed by atoms with van der Waals surface area (Å²) < 4.78 is 11.1. The standard InChI is InChI=1S/C16H23BrN2O4/c1-15(2,3)22-13(20)18-11-7-10(17)8-12(9-11)19-14(21)23-16(4,5)6/h7-9H,1-6H3,(H,18,20)(H,19,21). The minimum Gasteiger partial charge on any atom is -0.444 e. The number of nitrogens with one attached hydrogen (secondary N) is 2. The smallest absolute Gasteiger partial charge is 0.412 e. The largest absolute Gasteiger partial charge is 0.444 e. The number of rotatable bonds is 2. The fourth-order valence-electron chi connectivity index (χ4n) is 1.58. The molecule has 0 saturated carbocycles. The summed E-state index contributed by atoms with van der Waals surface area (Å²) in [6, 6.07) is 5.01. The number of ether oxygens (including phenoxy) is 2. The van der Waals surface area contributed by atoms with Gasteiger partial charge in [0.15, 0.2) is 0 Å². The van der Waals surface area contributed by atoms with Crippen LogP contribution in [0.4, 0.5) is 21.0 Å². The first-order valence-corrected chi connectivity index (χ1v) is 7.94. The molecule has 0 spiro atoms. The van der Waals surface area contributed by atoms with Gasteiger partial charge in [0.1, 0.15) is 11.2 Å². The zero-order chi connectivity index (χ0) is 17.8. The molecule has 0 aliphatic carbocycles. The fraction of sp³-hybridized carbons (Fsp3) is 0.500. The van der Waals surface area contributed by atoms with Crippen molar-refractivity contribution in [2.24, 2.45) is 0 Å². The molecule has 0 bridgehead atoms. The Morgan fingerprint density at radius 2 is 1.17 bits per heavy atom. The highest BCUT2D eigenvalue weighted by atomic mass is 79.9. The monoisotopic (exact) mass is 386 g/mol. The molecule has 0 aliphatic heterocycles. The van der Waals surface area contributed by atoms with Gasteiger partial charge in [-0.2, -0.15) is 0 Å². The van der Waals surface area contributed by atoms with Gasteiger partial charge in [-0.1, -0.05) is 15.9 Å². The van der Waals surface area contributed by atoms with Crippen molar-refractivity contribution in [3.05, 3.63) is 22.7 Å². The lowest BCUT2D eigenvalue weighted by molar-refractivity contribution is 0.0625. The van der Waals surface area contributed by atoms with Crippen molar-refractivity contribution in [1.29, 1.82) is 0 Å². The van der Waals surface area contributed by atoms with Crippen molar-refractivity contribution >= 4 is 39.5 Å². The molecule has 0 heterocycles. The van der Waals surface area contributed by atoms with Gasteiger partial charge in [0.2, 0.25) is 0 Å². The van der Waals surface area contributed by atoms with Crippen LogP contribution in [0.1, 0.15) is 41.5 Å². The van der Waals surface area contributed by atoms with Crippen LogP contribution >= 0.6 is 15.9 Å². The Hall–Kier alpha value is -1.76. The van der Waals surface area contributed by atoms with Gasteiger partial charge in [-0.05, 0) is 59.7 Å². The molecular weight excluding hydrogens is 364 g/mol. The van der Waals surface area contributed by atoms with Gasteiger partial charge < -0.3 is 9.47 Å². The lowest BCUT2D eigenvalue weighted by atomic mass is 10.2. The predicted octanol–water partition coefficient (Wildman–Crippen LogP) is 5.14. The number of halogens is 1. The summed E-state index contributed by atoms with van der Waals surface area (Å²) in [6.45, 7) is 10.7. The van der Waals surface area contributed by atoms with Gasteiger partial charge in [-0.25, -0.2) is 9.59 Å². The summed E-state index contributed by atoms with van der Waals surface area (Å²) in [5.74, 6) is 0. The summed E-state index contributed by atoms with van der Waals surface area (Å²) >= 11 is 3.33. The second-order valence-electron chi connectivity index (χ2n) is 6.98. The molecule has 2 N–H and O–H groups in total. The highest BCUT2D eigenvalue weighted by Crippen LogP contribution is 2.24. The Labute approximate surface area is 145 Å². The van der Waals surface area contributed by atoms with Crippen molar-refractivity contribution in [2.75, 3.05) is 10.6 Å². The Morgan fingerprint density at radius 3 is 1.48 bits per heavy atom. The minimum atomic E-state index is -0.590. The maximum absolute atomic E-state index is 11.8. The molecule has 0 aliphatic rings. The number of amides is 2. The fourth-order valence-corrected chi connectivity index (χ4v) is 2.07. The van der Waals surface area contributed by atoms with E-state index >= 15 is 0 Å². The average molecular weight is 387 g/mol. The van der Waals surface area contributed by atoms with Crippen LogP contribution in [0.3, 0.4) is 0 Å². The number of carbonyl (C=O) groups excluding carboxylic acids is 2. The molecule has 0 radical (unpaired) electrons. The molecule has 0 unspecified atom stereocenters. The van der Waals surface area contributed by atoms with E-state index in [-0.39, 0.29) is 0 Å². The van der Waals surface area contributed by atoms with Crippen LogP contribution < -0.4 is 10.6 Å². The van der Waals surface area contributed by atoms with Crippen molar-refractivity contribution in [2.45, 2.75) is 52.7 Å². The van der Waals surface area contributed by atoms with Crippen molar-refractivity contribution in [3.8, 4) is 0 Å². The Morgan fingerprint density at radius 1 is 0.826 bits per heavy atom. The zero-order valence-corrected chi connectivity index (χ0v) is 15.8. The molecule has 0 saturated heterocycles. The number of hydrogen-bond acceptors (Lipinski definition) is 4. The minimum absolute atomic E-state index is 0.486. The predicted molar refractivity (Wildman–Crippen MR) is 93.9 cm³/mol. The maximum atomic E-state index is 11.8. The second-order valence-corrected chi connectivity index (χ2v) is 7.90. The molecule has 1 aromatic rings. The van der Waals surface area contributed by atoms with Crippen LogP contribution in [-0.4, -0.2) is 23.4 Å². The summed E-state index contributed by atoms with van der Waals surface area (Å²) in [6.07, 6.45) is -1.14. The quantitative estimate of drug-likeness (QED) is 0.737. The molecule has 0 fully saturated rings. The van der Waals surface area contributed by atoms with E-state index in [2.05, 4.69) is 26.6 Å². The van der Waals surface area contributed by atoms with E-state index in [0.717, 1.165) is 0 Å². The Bertz CT molecular complexity index is 540. The first kappa shape index (κ1) is 19.3. The lowest BCUT2D eigenvalue weighted by Crippen LogP contribution is -2.28. The molecule has 6 nitrogen and oxygen atoms in total. The van der Waals surface area contributed by atoms with Crippen LogP contribution in [0.2, 0.25) is 0 Å². The molecule has 7 heteroatoms. The molecule has 0 aromatic heterocycles. The summed E-state index contributed by atoms with van der Waals surface area (Å²) in [5, 5.41) is 5.24. The van der Waals surface area contributed by atoms with Crippen LogP contribution in [-0.2, 0) is 9.47 Å². The van der Waals surface area contributed by atoms with Crippen LogP contribution in [0.5, 0.6) is 0 Å². The summed E-state index contributed by atoms with van der Waals surface area (Å²) in [5.41, 5.74) is -0.208. The molecule has 23 heavy (non-hydrogen) atoms. The first-order valence-electron chi connectivity index (χ1n) is 7.15. The number of benzene rings is 1. The highest BCUT2D eigenvalue weighted by molar-refractivity contribution is 9.10. The Balaban J connectivity index is 2.79. The number of hydrogen-bond donors (Lipinski definition) is 2. The third-order valence-corrected chi connectivity index (χ3v) is 2.65. The van der Waals surface area contributed by atoms with E-state index < -0.39 is 23.4 Å². The molecule has 0 atom stereocenters.